The van der Waals surface area contributed by atoms with Crippen molar-refractivity contribution in [1.29, 1.82) is 0 Å². The molecular weight excluding hydrogens is 385 g/mol. The number of benzene rings is 1. The topological polar surface area (TPSA) is 82.6 Å². The average molecular weight is 398 g/mol. The Morgan fingerprint density at radius 2 is 1.89 bits per heavy atom. The Bertz CT molecular complexity index is 944. The van der Waals surface area contributed by atoms with E-state index in [0.717, 1.165) is 12.3 Å². The Morgan fingerprint density at radius 1 is 1.15 bits per heavy atom. The van der Waals surface area contributed by atoms with E-state index in [9.17, 15) is 23.3 Å². The van der Waals surface area contributed by atoms with Gasteiger partial charge in [-0.3, -0.25) is 14.5 Å². The number of rotatable bonds is 7. The van der Waals surface area contributed by atoms with E-state index in [-0.39, 0.29) is 5.69 Å². The smallest absolute Gasteiger partial charge is 0.417 e. The van der Waals surface area contributed by atoms with Crippen LogP contribution in [-0.4, -0.2) is 31.9 Å². The first-order valence-corrected chi connectivity index (χ1v) is 8.75. The van der Waals surface area contributed by atoms with Gasteiger partial charge in [0.05, 0.1) is 17.1 Å². The first-order valence-electron chi connectivity index (χ1n) is 7.76. The number of alkyl halides is 3. The second-order valence-electron chi connectivity index (χ2n) is 5.43. The zero-order valence-corrected chi connectivity index (χ0v) is 14.5. The third-order valence-electron chi connectivity index (χ3n) is 3.53. The number of ether oxygens (including phenoxy) is 1. The maximum absolute atomic E-state index is 12.8. The Labute approximate surface area is 155 Å². The van der Waals surface area contributed by atoms with E-state index in [2.05, 4.69) is 10.2 Å². The van der Waals surface area contributed by atoms with Gasteiger partial charge in [-0.15, -0.1) is 10.2 Å². The van der Waals surface area contributed by atoms with Crippen molar-refractivity contribution in [3.8, 4) is 5.75 Å². The van der Waals surface area contributed by atoms with E-state index < -0.39 is 16.7 Å². The number of aromatic nitrogens is 3. The molecule has 2 aromatic heterocycles. The molecule has 0 bridgehead atoms. The van der Waals surface area contributed by atoms with Gasteiger partial charge in [0.1, 0.15) is 5.75 Å². The van der Waals surface area contributed by atoms with E-state index in [4.69, 9.17) is 4.74 Å². The van der Waals surface area contributed by atoms with Crippen molar-refractivity contribution in [2.24, 2.45) is 0 Å². The van der Waals surface area contributed by atoms with Gasteiger partial charge in [0, 0.05) is 24.1 Å². The molecule has 3 aromatic rings. The van der Waals surface area contributed by atoms with Gasteiger partial charge in [-0.05, 0) is 30.7 Å². The van der Waals surface area contributed by atoms with Gasteiger partial charge in [-0.25, -0.2) is 0 Å². The summed E-state index contributed by atoms with van der Waals surface area (Å²) in [5, 5.41) is 18.7. The summed E-state index contributed by atoms with van der Waals surface area (Å²) >= 11 is 1.27. The van der Waals surface area contributed by atoms with Gasteiger partial charge in [-0.1, -0.05) is 11.8 Å². The first kappa shape index (κ1) is 19.0. The molecule has 0 saturated carbocycles. The zero-order valence-electron chi connectivity index (χ0n) is 13.7. The Kier molecular flexibility index (Phi) is 5.49. The number of fused-ring (bicyclic) bond motifs is 1. The van der Waals surface area contributed by atoms with Gasteiger partial charge in [0.2, 0.25) is 0 Å². The molecule has 142 valence electrons. The van der Waals surface area contributed by atoms with Crippen molar-refractivity contribution >= 4 is 23.1 Å². The number of pyridine rings is 1. The maximum atomic E-state index is 12.8. The number of nitro benzene ring substituents is 1. The zero-order chi connectivity index (χ0) is 19.4. The Hall–Kier alpha value is -2.82. The monoisotopic (exact) mass is 398 g/mol. The lowest BCUT2D eigenvalue weighted by Crippen LogP contribution is -2.06. The Balaban J connectivity index is 1.52. The summed E-state index contributed by atoms with van der Waals surface area (Å²) in [6, 6.07) is 7.97. The average Bonchev–Trinajstić information content (AvgIpc) is 3.03. The minimum absolute atomic E-state index is 0.0187. The third kappa shape index (κ3) is 4.67. The molecule has 1 aromatic carbocycles. The van der Waals surface area contributed by atoms with Crippen LogP contribution in [0.5, 0.6) is 5.75 Å². The lowest BCUT2D eigenvalue weighted by Gasteiger charge is -2.07. The van der Waals surface area contributed by atoms with E-state index in [1.54, 1.807) is 0 Å². The molecule has 0 saturated heterocycles. The van der Waals surface area contributed by atoms with E-state index in [0.29, 0.717) is 35.3 Å². The van der Waals surface area contributed by atoms with E-state index in [1.807, 2.05) is 0 Å². The molecule has 7 nitrogen and oxygen atoms in total. The molecule has 0 amide bonds. The van der Waals surface area contributed by atoms with Crippen molar-refractivity contribution in [3.05, 3.63) is 58.3 Å². The van der Waals surface area contributed by atoms with Crippen molar-refractivity contribution in [2.75, 3.05) is 12.4 Å². The van der Waals surface area contributed by atoms with Gasteiger partial charge in [0.15, 0.2) is 10.8 Å². The highest BCUT2D eigenvalue weighted by Crippen LogP contribution is 2.30. The summed E-state index contributed by atoms with van der Waals surface area (Å²) in [5.41, 5.74) is -0.444. The van der Waals surface area contributed by atoms with Crippen LogP contribution in [0.25, 0.3) is 5.65 Å². The SMILES string of the molecule is O=[N+]([O-])c1ccc(OCCCSc2nnc3ccc(C(F)(F)F)cn23)cc1. The highest BCUT2D eigenvalue weighted by Gasteiger charge is 2.31. The van der Waals surface area contributed by atoms with Gasteiger partial charge in [-0.2, -0.15) is 13.2 Å². The summed E-state index contributed by atoms with van der Waals surface area (Å²) in [4.78, 5) is 10.1. The van der Waals surface area contributed by atoms with Gasteiger partial charge in [0.25, 0.3) is 5.69 Å². The minimum atomic E-state index is -4.43. The molecule has 0 aliphatic rings. The van der Waals surface area contributed by atoms with Crippen LogP contribution in [-0.2, 0) is 6.18 Å². The van der Waals surface area contributed by atoms with Crippen molar-refractivity contribution in [1.82, 2.24) is 14.6 Å². The van der Waals surface area contributed by atoms with Crippen LogP contribution in [0.4, 0.5) is 18.9 Å². The number of nitrogens with zero attached hydrogens (tertiary/aromatic N) is 4. The van der Waals surface area contributed by atoms with Gasteiger partial charge < -0.3 is 4.74 Å². The molecule has 0 fully saturated rings. The fourth-order valence-electron chi connectivity index (χ4n) is 2.21. The molecule has 0 spiro atoms. The molecule has 2 heterocycles. The van der Waals surface area contributed by atoms with E-state index >= 15 is 0 Å². The number of thioether (sulfide) groups is 1. The lowest BCUT2D eigenvalue weighted by atomic mass is 10.3. The van der Waals surface area contributed by atoms with Crippen molar-refractivity contribution < 1.29 is 22.8 Å². The summed E-state index contributed by atoms with van der Waals surface area (Å²) in [7, 11) is 0. The third-order valence-corrected chi connectivity index (χ3v) is 4.56. The number of hydrogen-bond acceptors (Lipinski definition) is 6. The van der Waals surface area contributed by atoms with Crippen molar-refractivity contribution in [3.63, 3.8) is 0 Å². The van der Waals surface area contributed by atoms with E-state index in [1.165, 1.54) is 46.5 Å². The normalized spacial score (nSPS) is 11.7. The summed E-state index contributed by atoms with van der Waals surface area (Å²) in [6.45, 7) is 0.356. The first-order chi connectivity index (χ1) is 12.8. The van der Waals surface area contributed by atoms with Crippen LogP contribution in [0.1, 0.15) is 12.0 Å². The summed E-state index contributed by atoms with van der Waals surface area (Å²) in [5.74, 6) is 1.07. The fourth-order valence-corrected chi connectivity index (χ4v) is 3.04. The molecule has 0 atom stereocenters. The molecule has 0 radical (unpaired) electrons. The summed E-state index contributed by atoms with van der Waals surface area (Å²) in [6.07, 6.45) is -2.85. The van der Waals surface area contributed by atoms with Gasteiger partial charge >= 0.3 is 6.18 Å². The molecule has 0 unspecified atom stereocenters. The highest BCUT2D eigenvalue weighted by atomic mass is 32.2. The predicted molar refractivity (Wildman–Crippen MR) is 91.9 cm³/mol. The molecule has 3 rings (SSSR count). The maximum Gasteiger partial charge on any atom is 0.417 e. The van der Waals surface area contributed by atoms with Crippen LogP contribution >= 0.6 is 11.8 Å². The molecule has 0 aliphatic heterocycles. The number of halogens is 3. The lowest BCUT2D eigenvalue weighted by molar-refractivity contribution is -0.384. The molecule has 0 aliphatic carbocycles. The van der Waals surface area contributed by atoms with Crippen LogP contribution in [0.15, 0.2) is 47.8 Å². The molecule has 0 N–H and O–H groups in total. The second-order valence-corrected chi connectivity index (χ2v) is 6.49. The molecule has 27 heavy (non-hydrogen) atoms. The van der Waals surface area contributed by atoms with Crippen molar-refractivity contribution in [2.45, 2.75) is 17.8 Å². The molecule has 11 heteroatoms. The fraction of sp³-hybridized carbons (Fsp3) is 0.250. The number of nitro groups is 1. The van der Waals surface area contributed by atoms with Crippen LogP contribution in [0.3, 0.4) is 0 Å². The quantitative estimate of drug-likeness (QED) is 0.257. The summed E-state index contributed by atoms with van der Waals surface area (Å²) < 4.78 is 45.3. The number of hydrogen-bond donors (Lipinski definition) is 0. The highest BCUT2D eigenvalue weighted by molar-refractivity contribution is 7.99. The Morgan fingerprint density at radius 3 is 2.56 bits per heavy atom. The van der Waals surface area contributed by atoms with Crippen LogP contribution < -0.4 is 4.74 Å². The number of non-ortho nitro benzene ring substituents is 1. The predicted octanol–water partition coefficient (Wildman–Crippen LogP) is 4.22. The minimum Gasteiger partial charge on any atom is -0.494 e. The van der Waals surface area contributed by atoms with Crippen LogP contribution in [0, 0.1) is 10.1 Å². The molecular formula is C16H13F3N4O3S. The second kappa shape index (κ2) is 7.82. The largest absolute Gasteiger partial charge is 0.494 e. The standard InChI is InChI=1S/C16H13F3N4O3S/c17-16(18,19)11-2-7-14-20-21-15(22(14)10-11)27-9-1-8-26-13-5-3-12(4-6-13)23(24)25/h2-7,10H,1,8-9H2. The van der Waals surface area contributed by atoms with Crippen LogP contribution in [0.2, 0.25) is 0 Å².